The number of amides is 6. The van der Waals surface area contributed by atoms with Crippen LogP contribution in [0.15, 0.2) is 0 Å². The van der Waals surface area contributed by atoms with Crippen LogP contribution in [0.25, 0.3) is 0 Å². The molecule has 8 atom stereocenters. The van der Waals surface area contributed by atoms with Gasteiger partial charge in [-0.3, -0.25) is 29.8 Å². The molecule has 2 aromatic carbocycles. The fourth-order valence-electron chi connectivity index (χ4n) is 8.73. The first-order chi connectivity index (χ1) is 40.3. The van der Waals surface area contributed by atoms with Crippen LogP contribution in [0.3, 0.4) is 0 Å². The lowest BCUT2D eigenvalue weighted by atomic mass is 9.89. The van der Waals surface area contributed by atoms with Gasteiger partial charge >= 0.3 is 12.2 Å². The Kier molecular flexibility index (Phi) is 37.6. The Morgan fingerprint density at radius 3 is 1.08 bits per heavy atom. The van der Waals surface area contributed by atoms with Crippen LogP contribution in [-0.2, 0) is 9.47 Å². The largest absolute Gasteiger partial charge is 0.484 e. The molecule has 0 saturated heterocycles. The highest BCUT2D eigenvalue weighted by molar-refractivity contribution is 6.10. The van der Waals surface area contributed by atoms with E-state index in [0.717, 1.165) is 19.6 Å². The van der Waals surface area contributed by atoms with Gasteiger partial charge in [0.05, 0.1) is 125 Å². The molecule has 0 aliphatic carbocycles. The Morgan fingerprint density at radius 1 is 0.482 bits per heavy atom. The Labute approximate surface area is 495 Å². The first-order valence-electron chi connectivity index (χ1n) is 27.9. The standard InChI is InChI=1S/C49H76N6O24.3C2H6/c1-24-37(44(71)52(8-29(64)16-56)9-30(65)17-57)25(2)41(26(3)38(24)45(72)53(10-31(66)18-58)11-32(67)19-59)50-48(75)77-6-7-78-49(76)51-42-27(4)39(46(73)54(12-33(68)20-60)13-34(69)21-61)43-40(28(42)5)47(74)55(14-35(70)22-62)15-36(23-63)79-43;3*1-2/h29-36,56-70H,6-23H2,1-5H3,(H,50,75)(H,51,76);3*1-2H3. The molecule has 488 valence electrons. The van der Waals surface area contributed by atoms with Crippen LogP contribution in [-0.4, -0.2) is 299 Å². The van der Waals surface area contributed by atoms with Gasteiger partial charge in [0.2, 0.25) is 0 Å². The molecule has 1 aliphatic rings. The molecule has 2 aromatic rings. The molecule has 6 amide bonds. The number of nitrogens with one attached hydrogen (secondary N) is 2. The molecule has 8 unspecified atom stereocenters. The van der Waals surface area contributed by atoms with E-state index in [-0.39, 0.29) is 62.4 Å². The predicted octanol–water partition coefficient (Wildman–Crippen LogP) is -2.90. The highest BCUT2D eigenvalue weighted by atomic mass is 16.6. The number of carbonyl (C=O) groups excluding carboxylic acids is 6. The first kappa shape index (κ1) is 79.1. The van der Waals surface area contributed by atoms with Gasteiger partial charge in [-0.25, -0.2) is 9.59 Å². The second kappa shape index (κ2) is 40.4. The summed E-state index contributed by atoms with van der Waals surface area (Å²) in [5, 5.41) is 155. The predicted molar refractivity (Wildman–Crippen MR) is 307 cm³/mol. The number of benzene rings is 2. The number of ether oxygens (including phenoxy) is 3. The number of carbonyl (C=O) groups is 6. The van der Waals surface area contributed by atoms with Gasteiger partial charge in [0.25, 0.3) is 23.6 Å². The van der Waals surface area contributed by atoms with Gasteiger partial charge < -0.3 is 110 Å². The Bertz CT molecular complexity index is 2310. The third kappa shape index (κ3) is 22.7. The van der Waals surface area contributed by atoms with Crippen LogP contribution < -0.4 is 15.4 Å². The van der Waals surface area contributed by atoms with Crippen molar-refractivity contribution in [2.75, 3.05) is 129 Å². The Hall–Kier alpha value is -5.94. The van der Waals surface area contributed by atoms with Gasteiger partial charge in [-0.2, -0.15) is 0 Å². The third-order valence-electron chi connectivity index (χ3n) is 12.6. The van der Waals surface area contributed by atoms with Crippen LogP contribution in [0.1, 0.15) is 111 Å². The van der Waals surface area contributed by atoms with Gasteiger partial charge in [-0.05, 0) is 62.4 Å². The molecular formula is C55H94N6O24. The van der Waals surface area contributed by atoms with Crippen molar-refractivity contribution in [3.63, 3.8) is 0 Å². The fourth-order valence-corrected chi connectivity index (χ4v) is 8.73. The van der Waals surface area contributed by atoms with E-state index in [2.05, 4.69) is 10.6 Å². The SMILES string of the molecule is CC.CC.CC.Cc1c(NC(=O)OCCOC(=O)Nc2c(C)c(C(=O)N(CC(O)CO)CC(O)CO)c3c(c2C)C(=O)N(CC(O)CO)CC(CO)O3)c(C)c(C(=O)N(CC(O)CO)CC(O)CO)c(C)c1C(=O)N(CC(O)CO)CC(O)CO. The van der Waals surface area contributed by atoms with Crippen molar-refractivity contribution >= 4 is 47.2 Å². The summed E-state index contributed by atoms with van der Waals surface area (Å²) in [5.41, 5.74) is -2.12. The number of anilines is 2. The van der Waals surface area contributed by atoms with E-state index < -0.39 is 208 Å². The number of hydrogen-bond acceptors (Lipinski definition) is 24. The zero-order chi connectivity index (χ0) is 65.6. The molecular weight excluding hydrogens is 1130 g/mol. The summed E-state index contributed by atoms with van der Waals surface area (Å²) in [6.07, 6.45) is -14.6. The number of hydrogen-bond donors (Lipinski definition) is 17. The van der Waals surface area contributed by atoms with Crippen molar-refractivity contribution in [3.05, 3.63) is 50.1 Å². The molecule has 0 radical (unpaired) electrons. The molecule has 1 heterocycles. The maximum Gasteiger partial charge on any atom is 0.411 e. The minimum Gasteiger partial charge on any atom is -0.484 e. The smallest absolute Gasteiger partial charge is 0.411 e. The average Bonchev–Trinajstić information content (AvgIpc) is 2.51. The third-order valence-corrected chi connectivity index (χ3v) is 12.6. The average molecular weight is 1220 g/mol. The van der Waals surface area contributed by atoms with Crippen molar-refractivity contribution in [2.24, 2.45) is 0 Å². The molecule has 0 fully saturated rings. The molecule has 30 heteroatoms. The number of β-amino-alcohol motifs (C(OH)–C–C–N with tert-alkyl or cyclic N) is 1. The van der Waals surface area contributed by atoms with Crippen LogP contribution in [0, 0.1) is 34.6 Å². The van der Waals surface area contributed by atoms with Crippen molar-refractivity contribution in [3.8, 4) is 5.75 Å². The molecule has 0 saturated carbocycles. The van der Waals surface area contributed by atoms with E-state index in [1.54, 1.807) is 0 Å². The number of rotatable bonds is 30. The molecule has 30 nitrogen and oxygen atoms in total. The lowest BCUT2D eigenvalue weighted by Gasteiger charge is -2.31. The lowest BCUT2D eigenvalue weighted by Crippen LogP contribution is -2.45. The fraction of sp³-hybridized carbons (Fsp3) is 0.673. The summed E-state index contributed by atoms with van der Waals surface area (Å²) in [6, 6.07) is 0. The second-order valence-corrected chi connectivity index (χ2v) is 18.8. The topological polar surface area (TPSA) is 471 Å². The van der Waals surface area contributed by atoms with Crippen molar-refractivity contribution in [1.29, 1.82) is 0 Å². The first-order valence-corrected chi connectivity index (χ1v) is 27.9. The van der Waals surface area contributed by atoms with Crippen molar-refractivity contribution < 1.29 is 120 Å². The van der Waals surface area contributed by atoms with E-state index >= 15 is 0 Å². The number of fused-ring (bicyclic) bond motifs is 1. The van der Waals surface area contributed by atoms with E-state index in [1.165, 1.54) is 34.6 Å². The van der Waals surface area contributed by atoms with E-state index in [1.807, 2.05) is 41.5 Å². The molecule has 1 aliphatic heterocycles. The quantitative estimate of drug-likeness (QED) is 0.0349. The molecule has 0 bridgehead atoms. The second-order valence-electron chi connectivity index (χ2n) is 18.8. The highest BCUT2D eigenvalue weighted by Gasteiger charge is 2.39. The summed E-state index contributed by atoms with van der Waals surface area (Å²) in [7, 11) is 0. The van der Waals surface area contributed by atoms with Gasteiger partial charge in [0, 0.05) is 56.9 Å². The zero-order valence-electron chi connectivity index (χ0n) is 50.5. The molecule has 17 N–H and O–H groups in total. The lowest BCUT2D eigenvalue weighted by molar-refractivity contribution is 0.0202. The van der Waals surface area contributed by atoms with E-state index in [9.17, 15) is 105 Å². The summed E-state index contributed by atoms with van der Waals surface area (Å²) >= 11 is 0. The van der Waals surface area contributed by atoms with Gasteiger partial charge in [0.15, 0.2) is 0 Å². The minimum atomic E-state index is -1.57. The van der Waals surface area contributed by atoms with Gasteiger partial charge in [-0.1, -0.05) is 41.5 Å². The number of nitrogens with zero attached hydrogens (tertiary/aromatic N) is 4. The zero-order valence-corrected chi connectivity index (χ0v) is 50.5. The number of aliphatic hydroxyl groups is 15. The minimum absolute atomic E-state index is 0.0199. The Morgan fingerprint density at radius 2 is 0.776 bits per heavy atom. The van der Waals surface area contributed by atoms with Crippen LogP contribution in [0.4, 0.5) is 21.0 Å². The summed E-state index contributed by atoms with van der Waals surface area (Å²) in [4.78, 5) is 88.5. The van der Waals surface area contributed by atoms with Crippen LogP contribution in [0.2, 0.25) is 0 Å². The van der Waals surface area contributed by atoms with Crippen LogP contribution >= 0.6 is 0 Å². The van der Waals surface area contributed by atoms with Crippen LogP contribution in [0.5, 0.6) is 5.75 Å². The summed E-state index contributed by atoms with van der Waals surface area (Å²) in [6.45, 7) is 6.30. The van der Waals surface area contributed by atoms with E-state index in [0.29, 0.717) is 0 Å². The molecule has 0 spiro atoms. The maximum atomic E-state index is 14.5. The molecule has 0 aromatic heterocycles. The summed E-state index contributed by atoms with van der Waals surface area (Å²) < 4.78 is 16.7. The normalized spacial score (nSPS) is 15.1. The van der Waals surface area contributed by atoms with Gasteiger partial charge in [0.1, 0.15) is 25.1 Å². The number of aliphatic hydroxyl groups excluding tert-OH is 15. The molecule has 85 heavy (non-hydrogen) atoms. The monoisotopic (exact) mass is 1220 g/mol. The highest BCUT2D eigenvalue weighted by Crippen LogP contribution is 2.41. The van der Waals surface area contributed by atoms with E-state index in [4.69, 9.17) is 14.2 Å². The summed E-state index contributed by atoms with van der Waals surface area (Å²) in [5.74, 6) is -4.33. The Balaban J connectivity index is 0.0000114. The molecule has 3 rings (SSSR count). The van der Waals surface area contributed by atoms with Gasteiger partial charge in [-0.15, -0.1) is 0 Å². The van der Waals surface area contributed by atoms with Crippen molar-refractivity contribution in [2.45, 2.75) is 125 Å². The van der Waals surface area contributed by atoms with Crippen molar-refractivity contribution in [1.82, 2.24) is 19.6 Å². The maximum absolute atomic E-state index is 14.5.